The van der Waals surface area contributed by atoms with Gasteiger partial charge in [0.05, 0.1) is 25.0 Å². The fourth-order valence-electron chi connectivity index (χ4n) is 5.15. The van der Waals surface area contributed by atoms with E-state index in [1.807, 2.05) is 0 Å². The maximum Gasteiger partial charge on any atom is 0.309 e. The summed E-state index contributed by atoms with van der Waals surface area (Å²) in [6.45, 7) is 10.1. The monoisotopic (exact) mass is 494 g/mol. The first-order chi connectivity index (χ1) is 16.9. The van der Waals surface area contributed by atoms with Crippen molar-refractivity contribution < 1.29 is 19.1 Å². The van der Waals surface area contributed by atoms with Gasteiger partial charge in [0.15, 0.2) is 0 Å². The highest BCUT2D eigenvalue weighted by molar-refractivity contribution is 5.82. The van der Waals surface area contributed by atoms with E-state index in [4.69, 9.17) is 9.47 Å². The predicted molar refractivity (Wildman–Crippen MR) is 146 cm³/mol. The van der Waals surface area contributed by atoms with Gasteiger partial charge in [-0.1, -0.05) is 124 Å². The summed E-state index contributed by atoms with van der Waals surface area (Å²) in [5, 5.41) is 0. The van der Waals surface area contributed by atoms with E-state index in [2.05, 4.69) is 27.7 Å². The molecule has 35 heavy (non-hydrogen) atoms. The van der Waals surface area contributed by atoms with Crippen molar-refractivity contribution in [3.05, 3.63) is 0 Å². The van der Waals surface area contributed by atoms with E-state index in [-0.39, 0.29) is 23.8 Å². The smallest absolute Gasteiger partial charge is 0.309 e. The molecule has 1 aliphatic carbocycles. The average Bonchev–Trinajstić information content (AvgIpc) is 2.83. The lowest BCUT2D eigenvalue weighted by Crippen LogP contribution is -2.35. The molecule has 1 fully saturated rings. The average molecular weight is 495 g/mol. The number of carbonyl (C=O) groups is 2. The van der Waals surface area contributed by atoms with Crippen LogP contribution in [0.15, 0.2) is 0 Å². The molecule has 2 unspecified atom stereocenters. The Balaban J connectivity index is 2.11. The largest absolute Gasteiger partial charge is 0.465 e. The molecular formula is C31H58O4. The van der Waals surface area contributed by atoms with Gasteiger partial charge in [-0.2, -0.15) is 0 Å². The van der Waals surface area contributed by atoms with E-state index in [9.17, 15) is 9.59 Å². The Labute approximate surface area is 217 Å². The quantitative estimate of drug-likeness (QED) is 0.118. The molecule has 0 N–H and O–H groups in total. The molecule has 4 nitrogen and oxygen atoms in total. The van der Waals surface area contributed by atoms with E-state index >= 15 is 0 Å². The standard InChI is InChI=1S/C31H58O4/c1-26(2)20-14-10-6-5-8-12-18-24-34-30(32)28-22-16-17-23-29(28)31(33)35-25-19-13-9-7-11-15-21-27(3)4/h26-29H,5-25H2,1-4H3. The van der Waals surface area contributed by atoms with Crippen LogP contribution < -0.4 is 0 Å². The summed E-state index contributed by atoms with van der Waals surface area (Å²) in [5.41, 5.74) is 0. The highest BCUT2D eigenvalue weighted by Gasteiger charge is 2.37. The number of esters is 2. The van der Waals surface area contributed by atoms with Crippen LogP contribution in [0.3, 0.4) is 0 Å². The lowest BCUT2D eigenvalue weighted by atomic mass is 9.79. The number of rotatable bonds is 21. The number of hydrogen-bond acceptors (Lipinski definition) is 4. The Kier molecular flexibility index (Phi) is 19.2. The van der Waals surface area contributed by atoms with E-state index in [1.165, 1.54) is 70.6 Å². The summed E-state index contributed by atoms with van der Waals surface area (Å²) in [6.07, 6.45) is 21.9. The van der Waals surface area contributed by atoms with Crippen molar-refractivity contribution in [1.82, 2.24) is 0 Å². The fourth-order valence-corrected chi connectivity index (χ4v) is 5.15. The minimum atomic E-state index is -0.307. The topological polar surface area (TPSA) is 52.6 Å². The minimum Gasteiger partial charge on any atom is -0.465 e. The van der Waals surface area contributed by atoms with Crippen LogP contribution in [-0.4, -0.2) is 25.2 Å². The molecule has 0 aromatic rings. The molecule has 0 amide bonds. The van der Waals surface area contributed by atoms with Crippen molar-refractivity contribution in [3.63, 3.8) is 0 Å². The Morgan fingerprint density at radius 3 is 1.20 bits per heavy atom. The molecular weight excluding hydrogens is 436 g/mol. The van der Waals surface area contributed by atoms with Gasteiger partial charge in [0.25, 0.3) is 0 Å². The molecule has 0 aliphatic heterocycles. The molecule has 4 heteroatoms. The Hall–Kier alpha value is -1.06. The van der Waals surface area contributed by atoms with Gasteiger partial charge in [-0.05, 0) is 37.5 Å². The van der Waals surface area contributed by atoms with Crippen LogP contribution >= 0.6 is 0 Å². The Morgan fingerprint density at radius 1 is 0.543 bits per heavy atom. The van der Waals surface area contributed by atoms with Crippen molar-refractivity contribution in [3.8, 4) is 0 Å². The number of hydrogen-bond donors (Lipinski definition) is 0. The summed E-state index contributed by atoms with van der Waals surface area (Å²) < 4.78 is 11.2. The molecule has 0 saturated heterocycles. The van der Waals surface area contributed by atoms with Gasteiger partial charge in [0, 0.05) is 0 Å². The van der Waals surface area contributed by atoms with Crippen LogP contribution in [0.2, 0.25) is 0 Å². The summed E-state index contributed by atoms with van der Waals surface area (Å²) in [4.78, 5) is 25.4. The third-order valence-corrected chi connectivity index (χ3v) is 7.46. The van der Waals surface area contributed by atoms with Crippen molar-refractivity contribution in [2.45, 2.75) is 150 Å². The van der Waals surface area contributed by atoms with Crippen LogP contribution in [0.1, 0.15) is 150 Å². The van der Waals surface area contributed by atoms with Gasteiger partial charge < -0.3 is 9.47 Å². The predicted octanol–water partition coefficient (Wildman–Crippen LogP) is 9.04. The number of unbranched alkanes of at least 4 members (excludes halogenated alkanes) is 11. The number of ether oxygens (including phenoxy) is 2. The molecule has 0 spiro atoms. The van der Waals surface area contributed by atoms with Crippen molar-refractivity contribution in [1.29, 1.82) is 0 Å². The van der Waals surface area contributed by atoms with Crippen molar-refractivity contribution in [2.75, 3.05) is 13.2 Å². The maximum absolute atomic E-state index is 12.7. The summed E-state index contributed by atoms with van der Waals surface area (Å²) in [7, 11) is 0. The first-order valence-corrected chi connectivity index (χ1v) is 15.2. The fraction of sp³-hybridized carbons (Fsp3) is 0.935. The number of carbonyl (C=O) groups excluding carboxylic acids is 2. The van der Waals surface area contributed by atoms with Crippen LogP contribution in [0.25, 0.3) is 0 Å². The van der Waals surface area contributed by atoms with E-state index < -0.39 is 0 Å². The van der Waals surface area contributed by atoms with Crippen molar-refractivity contribution >= 4 is 11.9 Å². The molecule has 0 heterocycles. The van der Waals surface area contributed by atoms with E-state index in [1.54, 1.807) is 0 Å². The van der Waals surface area contributed by atoms with Gasteiger partial charge in [-0.25, -0.2) is 0 Å². The minimum absolute atomic E-state index is 0.179. The van der Waals surface area contributed by atoms with Gasteiger partial charge in [0.2, 0.25) is 0 Å². The second-order valence-electron chi connectivity index (χ2n) is 11.8. The van der Waals surface area contributed by atoms with Crippen LogP contribution in [0.4, 0.5) is 0 Å². The normalized spacial score (nSPS) is 18.2. The summed E-state index contributed by atoms with van der Waals surface area (Å²) in [6, 6.07) is 0. The van der Waals surface area contributed by atoms with E-state index in [0.29, 0.717) is 13.2 Å². The zero-order chi connectivity index (χ0) is 25.7. The highest BCUT2D eigenvalue weighted by atomic mass is 16.5. The molecule has 1 saturated carbocycles. The molecule has 206 valence electrons. The third kappa shape index (κ3) is 17.1. The zero-order valence-corrected chi connectivity index (χ0v) is 23.8. The Morgan fingerprint density at radius 2 is 0.857 bits per heavy atom. The van der Waals surface area contributed by atoms with E-state index in [0.717, 1.165) is 63.2 Å². The van der Waals surface area contributed by atoms with Gasteiger partial charge >= 0.3 is 11.9 Å². The van der Waals surface area contributed by atoms with Gasteiger partial charge in [0.1, 0.15) is 0 Å². The Bertz CT molecular complexity index is 528. The highest BCUT2D eigenvalue weighted by Crippen LogP contribution is 2.32. The third-order valence-electron chi connectivity index (χ3n) is 7.46. The molecule has 0 aromatic carbocycles. The molecule has 0 bridgehead atoms. The lowest BCUT2D eigenvalue weighted by Gasteiger charge is -2.28. The molecule has 2 atom stereocenters. The lowest BCUT2D eigenvalue weighted by molar-refractivity contribution is -0.163. The zero-order valence-electron chi connectivity index (χ0n) is 23.8. The van der Waals surface area contributed by atoms with Gasteiger partial charge in [-0.15, -0.1) is 0 Å². The maximum atomic E-state index is 12.7. The van der Waals surface area contributed by atoms with Crippen molar-refractivity contribution in [2.24, 2.45) is 23.7 Å². The van der Waals surface area contributed by atoms with Gasteiger partial charge in [-0.3, -0.25) is 9.59 Å². The van der Waals surface area contributed by atoms with Crippen LogP contribution in [0.5, 0.6) is 0 Å². The first-order valence-electron chi connectivity index (χ1n) is 15.2. The SMILES string of the molecule is CC(C)CCCCCCCCCOC(=O)C1CCCCC1C(=O)OCCCCCCCCC(C)C. The second kappa shape index (κ2) is 21.1. The molecule has 0 radical (unpaired) electrons. The molecule has 1 aliphatic rings. The van der Waals surface area contributed by atoms with Crippen LogP contribution in [0, 0.1) is 23.7 Å². The first kappa shape index (κ1) is 32.0. The summed E-state index contributed by atoms with van der Waals surface area (Å²) >= 11 is 0. The second-order valence-corrected chi connectivity index (χ2v) is 11.8. The molecule has 1 rings (SSSR count). The molecule has 0 aromatic heterocycles. The van der Waals surface area contributed by atoms with Crippen LogP contribution in [-0.2, 0) is 19.1 Å². The summed E-state index contributed by atoms with van der Waals surface area (Å²) in [5.74, 6) is 0.642.